The molecule has 160 valence electrons. The molecule has 0 radical (unpaired) electrons. The minimum Gasteiger partial charge on any atom is -0.491 e. The van der Waals surface area contributed by atoms with Crippen LogP contribution >= 0.6 is 11.6 Å². The van der Waals surface area contributed by atoms with Gasteiger partial charge in [-0.3, -0.25) is 9.69 Å². The van der Waals surface area contributed by atoms with Crippen molar-refractivity contribution in [3.05, 3.63) is 28.3 Å². The second-order valence-corrected chi connectivity index (χ2v) is 9.02. The Kier molecular flexibility index (Phi) is 6.44. The van der Waals surface area contributed by atoms with Gasteiger partial charge in [0.05, 0.1) is 6.54 Å². The lowest BCUT2D eigenvalue weighted by molar-refractivity contribution is -0.135. The topological polar surface area (TPSA) is 70.1 Å². The minimum atomic E-state index is -0.967. The number of carbonyl (C=O) groups excluding carboxylic acids is 2. The molecule has 1 saturated heterocycles. The number of aryl methyl sites for hydroxylation is 1. The highest BCUT2D eigenvalue weighted by Crippen LogP contribution is 2.39. The molecule has 2 fully saturated rings. The van der Waals surface area contributed by atoms with Crippen LogP contribution in [0.15, 0.2) is 12.1 Å². The maximum Gasteiger partial charge on any atom is 0.327 e. The maximum absolute atomic E-state index is 13.0. The van der Waals surface area contributed by atoms with Gasteiger partial charge in [0.25, 0.3) is 5.91 Å². The zero-order valence-electron chi connectivity index (χ0n) is 17.7. The minimum absolute atomic E-state index is 0.00539. The number of nitrogens with zero attached hydrogens (tertiary/aromatic N) is 2. The van der Waals surface area contributed by atoms with E-state index in [1.165, 1.54) is 4.90 Å². The van der Waals surface area contributed by atoms with E-state index >= 15 is 0 Å². The number of hydrogen-bond acceptors (Lipinski definition) is 4. The number of rotatable bonds is 6. The Morgan fingerprint density at radius 3 is 2.48 bits per heavy atom. The molecule has 1 unspecified atom stereocenters. The van der Waals surface area contributed by atoms with Gasteiger partial charge < -0.3 is 14.7 Å². The van der Waals surface area contributed by atoms with Crippen molar-refractivity contribution in [3.63, 3.8) is 0 Å². The molecule has 3 rings (SSSR count). The monoisotopic (exact) mass is 422 g/mol. The van der Waals surface area contributed by atoms with E-state index in [0.717, 1.165) is 30.4 Å². The molecular weight excluding hydrogens is 392 g/mol. The third-order valence-corrected chi connectivity index (χ3v) is 6.63. The van der Waals surface area contributed by atoms with Crippen LogP contribution in [-0.4, -0.2) is 58.7 Å². The second-order valence-electron chi connectivity index (χ2n) is 8.61. The van der Waals surface area contributed by atoms with E-state index in [-0.39, 0.29) is 31.0 Å². The normalized spacial score (nSPS) is 20.1. The average Bonchev–Trinajstić information content (AvgIpc) is 2.85. The fraction of sp³-hybridized carbons (Fsp3) is 0.636. The van der Waals surface area contributed by atoms with Crippen molar-refractivity contribution in [2.45, 2.75) is 70.4 Å². The number of aliphatic hydroxyl groups excluding tert-OH is 1. The lowest BCUT2D eigenvalue weighted by Crippen LogP contribution is -2.49. The van der Waals surface area contributed by atoms with Crippen molar-refractivity contribution in [2.24, 2.45) is 0 Å². The van der Waals surface area contributed by atoms with Crippen LogP contribution in [0, 0.1) is 6.92 Å². The number of ether oxygens (including phenoxy) is 1. The van der Waals surface area contributed by atoms with E-state index in [9.17, 15) is 14.7 Å². The number of aliphatic hydroxyl groups is 1. The molecular formula is C22H31ClN2O4. The Balaban J connectivity index is 1.67. The molecule has 29 heavy (non-hydrogen) atoms. The van der Waals surface area contributed by atoms with Gasteiger partial charge >= 0.3 is 6.03 Å². The molecule has 1 heterocycles. The fourth-order valence-corrected chi connectivity index (χ4v) is 4.56. The van der Waals surface area contributed by atoms with Crippen LogP contribution in [0.1, 0.15) is 63.0 Å². The van der Waals surface area contributed by atoms with Gasteiger partial charge in [0.1, 0.15) is 24.0 Å². The number of urea groups is 1. The first-order chi connectivity index (χ1) is 13.7. The van der Waals surface area contributed by atoms with Crippen LogP contribution in [0.2, 0.25) is 5.02 Å². The number of amides is 3. The van der Waals surface area contributed by atoms with Crippen LogP contribution in [0.5, 0.6) is 5.75 Å². The maximum atomic E-state index is 13.0. The highest BCUT2D eigenvalue weighted by Gasteiger charge is 2.55. The molecule has 1 saturated carbocycles. The number of carbonyl (C=O) groups is 2. The first kappa shape index (κ1) is 21.9. The molecule has 1 N–H and O–H groups in total. The van der Waals surface area contributed by atoms with Crippen LogP contribution in [0.3, 0.4) is 0 Å². The van der Waals surface area contributed by atoms with Gasteiger partial charge in [-0.15, -0.1) is 0 Å². The first-order valence-electron chi connectivity index (χ1n) is 10.4. The van der Waals surface area contributed by atoms with Gasteiger partial charge in [0, 0.05) is 12.1 Å². The van der Waals surface area contributed by atoms with Crippen LogP contribution < -0.4 is 4.74 Å². The second kappa shape index (κ2) is 8.52. The van der Waals surface area contributed by atoms with E-state index in [1.54, 1.807) is 11.9 Å². The first-order valence-corrected chi connectivity index (χ1v) is 10.8. The molecule has 2 aliphatic rings. The molecule has 1 aliphatic carbocycles. The van der Waals surface area contributed by atoms with E-state index in [1.807, 2.05) is 32.9 Å². The smallest absolute Gasteiger partial charge is 0.327 e. The zero-order valence-corrected chi connectivity index (χ0v) is 18.5. The lowest BCUT2D eigenvalue weighted by atomic mass is 9.81. The Bertz CT molecular complexity index is 789. The van der Waals surface area contributed by atoms with Crippen molar-refractivity contribution in [1.29, 1.82) is 0 Å². The van der Waals surface area contributed by atoms with Crippen LogP contribution in [0.25, 0.3) is 0 Å². The van der Waals surface area contributed by atoms with Gasteiger partial charge in [-0.05, 0) is 48.9 Å². The predicted molar refractivity (Wildman–Crippen MR) is 112 cm³/mol. The van der Waals surface area contributed by atoms with Crippen molar-refractivity contribution >= 4 is 23.5 Å². The summed E-state index contributed by atoms with van der Waals surface area (Å²) in [5.74, 6) is 0.691. The van der Waals surface area contributed by atoms with Gasteiger partial charge in [-0.25, -0.2) is 4.79 Å². The quantitative estimate of drug-likeness (QED) is 0.700. The van der Waals surface area contributed by atoms with Crippen molar-refractivity contribution < 1.29 is 19.4 Å². The summed E-state index contributed by atoms with van der Waals surface area (Å²) < 4.78 is 5.87. The summed E-state index contributed by atoms with van der Waals surface area (Å²) in [6.45, 7) is 5.93. The zero-order chi connectivity index (χ0) is 21.3. The molecule has 1 aromatic rings. The lowest BCUT2D eigenvalue weighted by Gasteiger charge is -2.35. The van der Waals surface area contributed by atoms with Gasteiger partial charge in [0.2, 0.25) is 0 Å². The van der Waals surface area contributed by atoms with E-state index in [0.29, 0.717) is 23.6 Å². The molecule has 0 bridgehead atoms. The summed E-state index contributed by atoms with van der Waals surface area (Å²) in [4.78, 5) is 28.5. The van der Waals surface area contributed by atoms with E-state index in [4.69, 9.17) is 16.3 Å². The van der Waals surface area contributed by atoms with Crippen molar-refractivity contribution in [2.75, 3.05) is 20.2 Å². The summed E-state index contributed by atoms with van der Waals surface area (Å²) in [6.07, 6.45) is 3.39. The molecule has 1 spiro atoms. The van der Waals surface area contributed by atoms with Crippen molar-refractivity contribution in [3.8, 4) is 5.75 Å². The van der Waals surface area contributed by atoms with E-state index in [2.05, 4.69) is 0 Å². The average molecular weight is 423 g/mol. The Morgan fingerprint density at radius 1 is 1.21 bits per heavy atom. The standard InChI is InChI=1S/C22H31ClN2O4/c1-14(2)17-11-18(23)15(3)10-19(17)29-13-16(26)12-25-20(27)22(24(4)21(25)28)8-6-5-7-9-22/h10-11,14,16,26H,5-9,12-13H2,1-4H3. The molecule has 7 heteroatoms. The van der Waals surface area contributed by atoms with Crippen LogP contribution in [0.4, 0.5) is 4.79 Å². The van der Waals surface area contributed by atoms with E-state index < -0.39 is 11.6 Å². The highest BCUT2D eigenvalue weighted by atomic mass is 35.5. The molecule has 3 amide bonds. The largest absolute Gasteiger partial charge is 0.491 e. The van der Waals surface area contributed by atoms with Gasteiger partial charge in [0.15, 0.2) is 0 Å². The summed E-state index contributed by atoms with van der Waals surface area (Å²) in [6, 6.07) is 3.42. The summed E-state index contributed by atoms with van der Waals surface area (Å²) in [5.41, 5.74) is 1.13. The molecule has 1 aromatic carbocycles. The number of benzene rings is 1. The molecule has 1 aliphatic heterocycles. The summed E-state index contributed by atoms with van der Waals surface area (Å²) in [7, 11) is 1.69. The van der Waals surface area contributed by atoms with Crippen LogP contribution in [-0.2, 0) is 4.79 Å². The molecule has 6 nitrogen and oxygen atoms in total. The third kappa shape index (κ3) is 4.10. The Hall–Kier alpha value is -1.79. The molecule has 1 atom stereocenters. The third-order valence-electron chi connectivity index (χ3n) is 6.22. The Labute approximate surface area is 177 Å². The number of hydrogen-bond donors (Lipinski definition) is 1. The number of halogens is 1. The Morgan fingerprint density at radius 2 is 1.86 bits per heavy atom. The fourth-order valence-electron chi connectivity index (χ4n) is 4.39. The number of likely N-dealkylation sites (N-methyl/N-ethyl adjacent to an activating group) is 1. The number of β-amino-alcohol motifs (C(OH)–C–C–N with tert-alkyl or cyclic N) is 1. The number of imide groups is 1. The highest BCUT2D eigenvalue weighted by molar-refractivity contribution is 6.31. The summed E-state index contributed by atoms with van der Waals surface area (Å²) >= 11 is 6.23. The SMILES string of the molecule is Cc1cc(OCC(O)CN2C(=O)N(C)C3(CCCCC3)C2=O)c(C(C)C)cc1Cl. The molecule has 0 aromatic heterocycles. The van der Waals surface area contributed by atoms with Gasteiger partial charge in [-0.2, -0.15) is 0 Å². The van der Waals surface area contributed by atoms with Crippen molar-refractivity contribution in [1.82, 2.24) is 9.80 Å². The predicted octanol–water partition coefficient (Wildman–Crippen LogP) is 4.11. The summed E-state index contributed by atoms with van der Waals surface area (Å²) in [5, 5.41) is 11.2. The van der Waals surface area contributed by atoms with Gasteiger partial charge in [-0.1, -0.05) is 44.7 Å².